The first-order valence-electron chi connectivity index (χ1n) is 10.1. The Bertz CT molecular complexity index is 885. The van der Waals surface area contributed by atoms with Gasteiger partial charge in [-0.25, -0.2) is 4.79 Å². The molecule has 2 aromatic carbocycles. The van der Waals surface area contributed by atoms with Crippen LogP contribution in [0.4, 0.5) is 10.5 Å². The maximum absolute atomic E-state index is 12.9. The van der Waals surface area contributed by atoms with E-state index < -0.39 is 11.7 Å². The minimum absolute atomic E-state index is 0.0334. The third-order valence-corrected chi connectivity index (χ3v) is 4.99. The fourth-order valence-corrected chi connectivity index (χ4v) is 3.42. The molecule has 0 radical (unpaired) electrons. The summed E-state index contributed by atoms with van der Waals surface area (Å²) in [5, 5.41) is 3.42. The Kier molecular flexibility index (Phi) is 7.00. The molecule has 1 aliphatic rings. The van der Waals surface area contributed by atoms with Crippen LogP contribution in [0.25, 0.3) is 0 Å². The van der Waals surface area contributed by atoms with Crippen molar-refractivity contribution in [1.82, 2.24) is 9.80 Å². The van der Waals surface area contributed by atoms with Crippen LogP contribution in [0.2, 0.25) is 5.02 Å². The molecule has 0 unspecified atom stereocenters. The van der Waals surface area contributed by atoms with E-state index in [-0.39, 0.29) is 5.91 Å². The third-order valence-electron chi connectivity index (χ3n) is 4.73. The van der Waals surface area contributed by atoms with E-state index in [1.165, 1.54) is 5.56 Å². The quantitative estimate of drug-likeness (QED) is 0.768. The first-order valence-corrected chi connectivity index (χ1v) is 10.4. The van der Waals surface area contributed by atoms with Gasteiger partial charge in [0, 0.05) is 49.0 Å². The van der Waals surface area contributed by atoms with E-state index in [9.17, 15) is 9.59 Å². The van der Waals surface area contributed by atoms with E-state index in [1.807, 2.05) is 29.2 Å². The van der Waals surface area contributed by atoms with E-state index in [2.05, 4.69) is 10.2 Å². The summed E-state index contributed by atoms with van der Waals surface area (Å²) >= 11 is 5.95. The van der Waals surface area contributed by atoms with Gasteiger partial charge in [-0.05, 0) is 56.7 Å². The van der Waals surface area contributed by atoms with Gasteiger partial charge in [0.05, 0.1) is 0 Å². The Balaban J connectivity index is 1.54. The van der Waals surface area contributed by atoms with Crippen molar-refractivity contribution in [3.63, 3.8) is 0 Å². The Morgan fingerprint density at radius 3 is 2.33 bits per heavy atom. The van der Waals surface area contributed by atoms with Crippen LogP contribution in [0.15, 0.2) is 48.5 Å². The molecule has 30 heavy (non-hydrogen) atoms. The average Bonchev–Trinajstić information content (AvgIpc) is 2.68. The first-order chi connectivity index (χ1) is 14.2. The highest BCUT2D eigenvalue weighted by Gasteiger charge is 2.23. The number of nitrogens with zero attached hydrogens (tertiary/aromatic N) is 2. The van der Waals surface area contributed by atoms with E-state index in [0.29, 0.717) is 24.3 Å². The molecule has 3 rings (SSSR count). The van der Waals surface area contributed by atoms with Gasteiger partial charge in [-0.3, -0.25) is 15.0 Å². The second-order valence-electron chi connectivity index (χ2n) is 8.40. The van der Waals surface area contributed by atoms with Crippen LogP contribution >= 0.6 is 11.6 Å². The van der Waals surface area contributed by atoms with Gasteiger partial charge in [-0.2, -0.15) is 0 Å². The molecule has 1 aliphatic heterocycles. The maximum atomic E-state index is 12.9. The van der Waals surface area contributed by atoms with E-state index in [0.717, 1.165) is 24.7 Å². The molecular weight excluding hydrogens is 402 g/mol. The van der Waals surface area contributed by atoms with Crippen LogP contribution in [0.5, 0.6) is 0 Å². The van der Waals surface area contributed by atoms with E-state index in [4.69, 9.17) is 16.3 Å². The first kappa shape index (κ1) is 22.1. The van der Waals surface area contributed by atoms with Gasteiger partial charge in [-0.15, -0.1) is 0 Å². The van der Waals surface area contributed by atoms with Crippen LogP contribution in [0.3, 0.4) is 0 Å². The van der Waals surface area contributed by atoms with Gasteiger partial charge in [0.15, 0.2) is 0 Å². The van der Waals surface area contributed by atoms with Crippen molar-refractivity contribution < 1.29 is 14.3 Å². The van der Waals surface area contributed by atoms with Crippen LogP contribution in [-0.2, 0) is 11.3 Å². The number of piperazine rings is 1. The Morgan fingerprint density at radius 1 is 1.03 bits per heavy atom. The van der Waals surface area contributed by atoms with E-state index in [1.54, 1.807) is 45.0 Å². The van der Waals surface area contributed by atoms with Gasteiger partial charge in [0.1, 0.15) is 5.60 Å². The number of anilines is 1. The third kappa shape index (κ3) is 6.47. The molecule has 0 atom stereocenters. The summed E-state index contributed by atoms with van der Waals surface area (Å²) < 4.78 is 5.27. The molecule has 2 amide bonds. The number of carbonyl (C=O) groups is 2. The topological polar surface area (TPSA) is 61.9 Å². The Morgan fingerprint density at radius 2 is 1.70 bits per heavy atom. The molecule has 160 valence electrons. The van der Waals surface area contributed by atoms with Gasteiger partial charge in [0.2, 0.25) is 0 Å². The number of halogens is 1. The fraction of sp³-hybridized carbons (Fsp3) is 0.391. The van der Waals surface area contributed by atoms with Crippen molar-refractivity contribution in [2.24, 2.45) is 0 Å². The zero-order valence-electron chi connectivity index (χ0n) is 17.7. The number of hydrogen-bond donors (Lipinski definition) is 1. The van der Waals surface area contributed by atoms with Crippen molar-refractivity contribution in [2.75, 3.05) is 31.5 Å². The lowest BCUT2D eigenvalue weighted by atomic mass is 10.1. The van der Waals surface area contributed by atoms with Gasteiger partial charge >= 0.3 is 6.09 Å². The molecular formula is C23H28ClN3O3. The SMILES string of the molecule is CC(C)(C)OC(=O)Nc1cccc(C(=O)N2CCN(Cc3ccc(Cl)cc3)CC2)c1. The summed E-state index contributed by atoms with van der Waals surface area (Å²) in [6.45, 7) is 9.20. The zero-order valence-corrected chi connectivity index (χ0v) is 18.4. The molecule has 1 heterocycles. The normalized spacial score (nSPS) is 15.0. The Labute approximate surface area is 182 Å². The number of carbonyl (C=O) groups excluding carboxylic acids is 2. The predicted molar refractivity (Wildman–Crippen MR) is 119 cm³/mol. The maximum Gasteiger partial charge on any atom is 0.412 e. The standard InChI is InChI=1S/C23H28ClN3O3/c1-23(2,3)30-22(29)25-20-6-4-5-18(15-20)21(28)27-13-11-26(12-14-27)16-17-7-9-19(24)10-8-17/h4-10,15H,11-14,16H2,1-3H3,(H,25,29). The minimum Gasteiger partial charge on any atom is -0.444 e. The summed E-state index contributed by atoms with van der Waals surface area (Å²) in [6, 6.07) is 14.8. The zero-order chi connectivity index (χ0) is 21.7. The van der Waals surface area contributed by atoms with Crippen LogP contribution in [0.1, 0.15) is 36.7 Å². The lowest BCUT2D eigenvalue weighted by Gasteiger charge is -2.34. The highest BCUT2D eigenvalue weighted by Crippen LogP contribution is 2.17. The van der Waals surface area contributed by atoms with Crippen molar-refractivity contribution in [1.29, 1.82) is 0 Å². The summed E-state index contributed by atoms with van der Waals surface area (Å²) in [5.41, 5.74) is 1.72. The molecule has 7 heteroatoms. The number of hydrogen-bond acceptors (Lipinski definition) is 4. The van der Waals surface area contributed by atoms with Crippen molar-refractivity contribution in [3.05, 3.63) is 64.7 Å². The molecule has 1 N–H and O–H groups in total. The number of rotatable bonds is 4. The molecule has 0 aromatic heterocycles. The summed E-state index contributed by atoms with van der Waals surface area (Å²) in [5.74, 6) is -0.0334. The number of ether oxygens (including phenoxy) is 1. The number of benzene rings is 2. The highest BCUT2D eigenvalue weighted by molar-refractivity contribution is 6.30. The van der Waals surface area contributed by atoms with Crippen molar-refractivity contribution >= 4 is 29.3 Å². The highest BCUT2D eigenvalue weighted by atomic mass is 35.5. The summed E-state index contributed by atoms with van der Waals surface area (Å²) in [4.78, 5) is 29.1. The molecule has 0 spiro atoms. The molecule has 1 fully saturated rings. The number of amides is 2. The lowest BCUT2D eigenvalue weighted by Crippen LogP contribution is -2.48. The Hall–Kier alpha value is -2.57. The molecule has 6 nitrogen and oxygen atoms in total. The number of nitrogens with one attached hydrogen (secondary N) is 1. The minimum atomic E-state index is -0.580. The predicted octanol–water partition coefficient (Wildman–Crippen LogP) is 4.65. The summed E-state index contributed by atoms with van der Waals surface area (Å²) in [6.07, 6.45) is -0.539. The molecule has 0 bridgehead atoms. The van der Waals surface area contributed by atoms with Crippen LogP contribution < -0.4 is 5.32 Å². The molecule has 1 saturated heterocycles. The second-order valence-corrected chi connectivity index (χ2v) is 8.84. The largest absolute Gasteiger partial charge is 0.444 e. The van der Waals surface area contributed by atoms with Gasteiger partial charge in [-0.1, -0.05) is 29.8 Å². The average molecular weight is 430 g/mol. The molecule has 2 aromatic rings. The van der Waals surface area contributed by atoms with Crippen molar-refractivity contribution in [3.8, 4) is 0 Å². The monoisotopic (exact) mass is 429 g/mol. The van der Waals surface area contributed by atoms with Crippen molar-refractivity contribution in [2.45, 2.75) is 32.9 Å². The van der Waals surface area contributed by atoms with Crippen LogP contribution in [0, 0.1) is 0 Å². The van der Waals surface area contributed by atoms with E-state index >= 15 is 0 Å². The molecule has 0 aliphatic carbocycles. The van der Waals surface area contributed by atoms with Crippen LogP contribution in [-0.4, -0.2) is 53.6 Å². The smallest absolute Gasteiger partial charge is 0.412 e. The van der Waals surface area contributed by atoms with Gasteiger partial charge in [0.25, 0.3) is 5.91 Å². The molecule has 0 saturated carbocycles. The fourth-order valence-electron chi connectivity index (χ4n) is 3.29. The summed E-state index contributed by atoms with van der Waals surface area (Å²) in [7, 11) is 0. The second kappa shape index (κ2) is 9.49. The lowest BCUT2D eigenvalue weighted by molar-refractivity contribution is 0.0620. The van der Waals surface area contributed by atoms with Gasteiger partial charge < -0.3 is 9.64 Å².